The third kappa shape index (κ3) is 6.48. The zero-order valence-electron chi connectivity index (χ0n) is 21.6. The summed E-state index contributed by atoms with van der Waals surface area (Å²) in [4.78, 5) is 34.6. The van der Waals surface area contributed by atoms with Crippen LogP contribution in [0.5, 0.6) is 5.75 Å². The van der Waals surface area contributed by atoms with Crippen molar-refractivity contribution in [1.82, 2.24) is 14.8 Å². The van der Waals surface area contributed by atoms with Crippen LogP contribution in [-0.2, 0) is 6.54 Å². The smallest absolute Gasteiger partial charge is 0.257 e. The molecule has 3 aromatic rings. The van der Waals surface area contributed by atoms with Gasteiger partial charge in [0.05, 0.1) is 11.3 Å². The van der Waals surface area contributed by atoms with E-state index in [1.165, 1.54) is 0 Å². The minimum Gasteiger partial charge on any atom is -0.486 e. The molecule has 1 aliphatic rings. The second kappa shape index (κ2) is 11.8. The van der Waals surface area contributed by atoms with Crippen molar-refractivity contribution in [3.8, 4) is 5.75 Å². The van der Waals surface area contributed by atoms with Gasteiger partial charge in [0.15, 0.2) is 5.75 Å². The molecule has 0 saturated carbocycles. The predicted octanol–water partition coefficient (Wildman–Crippen LogP) is 5.37. The molecule has 0 spiro atoms. The van der Waals surface area contributed by atoms with Gasteiger partial charge in [-0.1, -0.05) is 36.7 Å². The van der Waals surface area contributed by atoms with E-state index in [0.717, 1.165) is 12.1 Å². The fraction of sp³-hybridized carbons (Fsp3) is 0.345. The van der Waals surface area contributed by atoms with Gasteiger partial charge >= 0.3 is 0 Å². The van der Waals surface area contributed by atoms with Crippen LogP contribution in [0.25, 0.3) is 0 Å². The maximum absolute atomic E-state index is 13.6. The molecule has 0 saturated heterocycles. The molecule has 4 rings (SSSR count). The van der Waals surface area contributed by atoms with E-state index in [9.17, 15) is 9.59 Å². The Balaban J connectivity index is 1.65. The molecule has 2 aromatic carbocycles. The number of halogens is 1. The number of para-hydroxylation sites is 1. The van der Waals surface area contributed by atoms with Crippen LogP contribution < -0.4 is 10.1 Å². The number of ether oxygens (including phenoxy) is 1. The molecule has 1 unspecified atom stereocenters. The number of benzene rings is 2. The monoisotopic (exact) mass is 520 g/mol. The first kappa shape index (κ1) is 26.6. The fourth-order valence-corrected chi connectivity index (χ4v) is 4.62. The zero-order valence-corrected chi connectivity index (χ0v) is 22.4. The van der Waals surface area contributed by atoms with E-state index in [1.54, 1.807) is 42.7 Å². The molecule has 2 heterocycles. The van der Waals surface area contributed by atoms with Gasteiger partial charge in [-0.25, -0.2) is 0 Å². The maximum atomic E-state index is 13.6. The van der Waals surface area contributed by atoms with Crippen molar-refractivity contribution >= 4 is 29.1 Å². The topological polar surface area (TPSA) is 74.8 Å². The summed E-state index contributed by atoms with van der Waals surface area (Å²) >= 11 is 6.05. The Bertz CT molecular complexity index is 1230. The highest BCUT2D eigenvalue weighted by atomic mass is 35.5. The minimum absolute atomic E-state index is 0.0170. The normalized spacial score (nSPS) is 17.7. The van der Waals surface area contributed by atoms with Crippen molar-refractivity contribution < 1.29 is 14.3 Å². The first-order valence-electron chi connectivity index (χ1n) is 12.5. The number of anilines is 1. The average Bonchev–Trinajstić information content (AvgIpc) is 2.88. The minimum atomic E-state index is -0.293. The fourth-order valence-electron chi connectivity index (χ4n) is 4.50. The van der Waals surface area contributed by atoms with Crippen LogP contribution >= 0.6 is 11.6 Å². The summed E-state index contributed by atoms with van der Waals surface area (Å²) in [5.74, 6) is 0.0528. The van der Waals surface area contributed by atoms with Gasteiger partial charge in [-0.15, -0.1) is 0 Å². The number of carbonyl (C=O) groups excluding carboxylic acids is 2. The lowest BCUT2D eigenvalue weighted by atomic mass is 9.99. The number of hydrogen-bond donors (Lipinski definition) is 1. The number of carbonyl (C=O) groups is 2. The van der Waals surface area contributed by atoms with Gasteiger partial charge in [0, 0.05) is 54.6 Å². The van der Waals surface area contributed by atoms with Gasteiger partial charge in [-0.2, -0.15) is 0 Å². The lowest BCUT2D eigenvalue weighted by molar-refractivity contribution is 0.0433. The number of nitrogens with zero attached hydrogens (tertiary/aromatic N) is 3. The summed E-state index contributed by atoms with van der Waals surface area (Å²) in [7, 11) is 2.05. The Hall–Kier alpha value is -3.42. The highest BCUT2D eigenvalue weighted by molar-refractivity contribution is 6.30. The Labute approximate surface area is 223 Å². The molecule has 0 bridgehead atoms. The van der Waals surface area contributed by atoms with Gasteiger partial charge in [-0.05, 0) is 62.9 Å². The quantitative estimate of drug-likeness (QED) is 0.453. The van der Waals surface area contributed by atoms with E-state index in [2.05, 4.69) is 22.1 Å². The van der Waals surface area contributed by atoms with Crippen LogP contribution in [0.4, 0.5) is 5.69 Å². The summed E-state index contributed by atoms with van der Waals surface area (Å²) in [6.07, 6.45) is 2.92. The molecule has 7 nitrogen and oxygen atoms in total. The largest absolute Gasteiger partial charge is 0.486 e. The Morgan fingerprint density at radius 1 is 1.16 bits per heavy atom. The van der Waals surface area contributed by atoms with Gasteiger partial charge in [0.2, 0.25) is 0 Å². The van der Waals surface area contributed by atoms with Crippen molar-refractivity contribution in [3.05, 3.63) is 88.7 Å². The number of aromatic nitrogens is 1. The first-order chi connectivity index (χ1) is 17.7. The van der Waals surface area contributed by atoms with Crippen LogP contribution in [-0.4, -0.2) is 58.9 Å². The second-order valence-electron chi connectivity index (χ2n) is 9.88. The van der Waals surface area contributed by atoms with E-state index in [4.69, 9.17) is 16.3 Å². The van der Waals surface area contributed by atoms with Gasteiger partial charge < -0.3 is 15.0 Å². The zero-order chi connectivity index (χ0) is 26.5. The van der Waals surface area contributed by atoms with Gasteiger partial charge in [0.25, 0.3) is 11.8 Å². The SMILES string of the molecule is CC(C)N1C[C@H](C)C(CN(C)Cc2ccc(Cl)cc2)Oc2c(NC(=O)c3ccncc3)cccc2C1=O. The standard InChI is InChI=1S/C29H33ClN4O3/c1-19(2)34-16-20(3)26(18-33(4)17-21-8-10-23(30)11-9-21)37-27-24(29(34)36)6-5-7-25(27)32-28(35)22-12-14-31-15-13-22/h5-15,19-20,26H,16-18H2,1-4H3,(H,32,35)/t20-,26?/m0/s1. The predicted molar refractivity (Wildman–Crippen MR) is 146 cm³/mol. The second-order valence-corrected chi connectivity index (χ2v) is 10.3. The molecule has 0 fully saturated rings. The highest BCUT2D eigenvalue weighted by Gasteiger charge is 2.34. The number of amides is 2. The number of rotatable bonds is 7. The third-order valence-corrected chi connectivity index (χ3v) is 6.82. The summed E-state index contributed by atoms with van der Waals surface area (Å²) in [5.41, 5.74) is 2.53. The Kier molecular flexibility index (Phi) is 8.46. The summed E-state index contributed by atoms with van der Waals surface area (Å²) in [6.45, 7) is 8.07. The van der Waals surface area contributed by atoms with Crippen LogP contribution in [0.1, 0.15) is 47.1 Å². The summed E-state index contributed by atoms with van der Waals surface area (Å²) in [5, 5.41) is 3.65. The molecule has 1 aromatic heterocycles. The molecule has 8 heteroatoms. The number of likely N-dealkylation sites (N-methyl/N-ethyl adjacent to an activating group) is 1. The van der Waals surface area contributed by atoms with Crippen molar-refractivity contribution in [2.24, 2.45) is 5.92 Å². The number of fused-ring (bicyclic) bond motifs is 1. The molecule has 1 N–H and O–H groups in total. The number of hydrogen-bond acceptors (Lipinski definition) is 5. The Morgan fingerprint density at radius 3 is 2.54 bits per heavy atom. The van der Waals surface area contributed by atoms with Crippen molar-refractivity contribution in [1.29, 1.82) is 0 Å². The molecule has 2 amide bonds. The molecular weight excluding hydrogens is 488 g/mol. The molecular formula is C29H33ClN4O3. The van der Waals surface area contributed by atoms with Crippen molar-refractivity contribution in [2.45, 2.75) is 39.5 Å². The molecule has 1 aliphatic heterocycles. The molecule has 0 aliphatic carbocycles. The van der Waals surface area contributed by atoms with Gasteiger partial charge in [-0.3, -0.25) is 19.5 Å². The number of nitrogens with one attached hydrogen (secondary N) is 1. The van der Waals surface area contributed by atoms with Crippen molar-refractivity contribution in [3.63, 3.8) is 0 Å². The van der Waals surface area contributed by atoms with E-state index >= 15 is 0 Å². The molecule has 0 radical (unpaired) electrons. The molecule has 194 valence electrons. The highest BCUT2D eigenvalue weighted by Crippen LogP contribution is 2.35. The third-order valence-electron chi connectivity index (χ3n) is 6.57. The lowest BCUT2D eigenvalue weighted by Crippen LogP contribution is -2.48. The number of pyridine rings is 1. The van der Waals surface area contributed by atoms with Gasteiger partial charge in [0.1, 0.15) is 6.10 Å². The van der Waals surface area contributed by atoms with Crippen molar-refractivity contribution in [2.75, 3.05) is 25.5 Å². The maximum Gasteiger partial charge on any atom is 0.257 e. The average molecular weight is 521 g/mol. The van der Waals surface area contributed by atoms with E-state index < -0.39 is 0 Å². The van der Waals surface area contributed by atoms with Crippen LogP contribution in [0.2, 0.25) is 5.02 Å². The lowest BCUT2D eigenvalue weighted by Gasteiger charge is -2.38. The van der Waals surface area contributed by atoms with Crippen LogP contribution in [0.15, 0.2) is 67.0 Å². The van der Waals surface area contributed by atoms with Crippen LogP contribution in [0, 0.1) is 5.92 Å². The van der Waals surface area contributed by atoms with E-state index in [1.807, 2.05) is 50.1 Å². The Morgan fingerprint density at radius 2 is 1.86 bits per heavy atom. The molecule has 37 heavy (non-hydrogen) atoms. The van der Waals surface area contributed by atoms with E-state index in [0.29, 0.717) is 40.7 Å². The first-order valence-corrected chi connectivity index (χ1v) is 12.9. The summed E-state index contributed by atoms with van der Waals surface area (Å²) < 4.78 is 6.61. The van der Waals surface area contributed by atoms with Crippen LogP contribution in [0.3, 0.4) is 0 Å². The molecule has 2 atom stereocenters. The summed E-state index contributed by atoms with van der Waals surface area (Å²) in [6, 6.07) is 16.4. The van der Waals surface area contributed by atoms with E-state index in [-0.39, 0.29) is 29.9 Å².